The van der Waals surface area contributed by atoms with E-state index in [-0.39, 0.29) is 12.1 Å². The van der Waals surface area contributed by atoms with Crippen molar-refractivity contribution in [2.75, 3.05) is 0 Å². The van der Waals surface area contributed by atoms with Crippen LogP contribution in [0.5, 0.6) is 0 Å². The third kappa shape index (κ3) is 3.30. The Kier molecular flexibility index (Phi) is 4.32. The van der Waals surface area contributed by atoms with Gasteiger partial charge in [-0.2, -0.15) is 4.39 Å². The largest absolute Gasteiger partial charge is 0.463 e. The fraction of sp³-hybridized carbons (Fsp3) is 0.579. The van der Waals surface area contributed by atoms with Gasteiger partial charge in [-0.15, -0.1) is 0 Å². The summed E-state index contributed by atoms with van der Waals surface area (Å²) in [4.78, 5) is 0. The Labute approximate surface area is 127 Å². The smallest absolute Gasteiger partial charge is 0.272 e. The van der Waals surface area contributed by atoms with Crippen LogP contribution in [0.2, 0.25) is 0 Å². The molecule has 3 rings (SSSR count). The SMILES string of the molecule is CC1=C(F)OC(c2ccc(C3CCC(C)CC3)cc2)CC1. The zero-order valence-corrected chi connectivity index (χ0v) is 13.1. The summed E-state index contributed by atoms with van der Waals surface area (Å²) >= 11 is 0. The van der Waals surface area contributed by atoms with Gasteiger partial charge in [0.2, 0.25) is 0 Å². The molecule has 1 atom stereocenters. The van der Waals surface area contributed by atoms with E-state index in [2.05, 4.69) is 31.2 Å². The molecule has 1 nitrogen and oxygen atoms in total. The zero-order valence-electron chi connectivity index (χ0n) is 13.1. The number of allylic oxidation sites excluding steroid dienone is 1. The maximum atomic E-state index is 13.6. The molecular formula is C19H25FO. The minimum absolute atomic E-state index is 0.117. The molecule has 1 aliphatic heterocycles. The van der Waals surface area contributed by atoms with Crippen molar-refractivity contribution in [3.05, 3.63) is 47.0 Å². The summed E-state index contributed by atoms with van der Waals surface area (Å²) in [6.45, 7) is 4.16. The lowest BCUT2D eigenvalue weighted by atomic mass is 9.79. The van der Waals surface area contributed by atoms with Crippen molar-refractivity contribution in [3.8, 4) is 0 Å². The second kappa shape index (κ2) is 6.21. The van der Waals surface area contributed by atoms with Gasteiger partial charge in [-0.05, 0) is 61.1 Å². The lowest BCUT2D eigenvalue weighted by molar-refractivity contribution is 0.0442. The minimum Gasteiger partial charge on any atom is -0.463 e. The van der Waals surface area contributed by atoms with Crippen molar-refractivity contribution in [1.29, 1.82) is 0 Å². The number of hydrogen-bond acceptors (Lipinski definition) is 1. The van der Waals surface area contributed by atoms with Gasteiger partial charge >= 0.3 is 0 Å². The highest BCUT2D eigenvalue weighted by atomic mass is 19.1. The van der Waals surface area contributed by atoms with Crippen LogP contribution in [-0.2, 0) is 4.74 Å². The Bertz CT molecular complexity index is 509. The van der Waals surface area contributed by atoms with Gasteiger partial charge in [0.1, 0.15) is 6.10 Å². The molecule has 1 aromatic carbocycles. The van der Waals surface area contributed by atoms with Gasteiger partial charge < -0.3 is 4.74 Å². The quantitative estimate of drug-likeness (QED) is 0.645. The van der Waals surface area contributed by atoms with E-state index >= 15 is 0 Å². The number of benzene rings is 1. The van der Waals surface area contributed by atoms with Crippen molar-refractivity contribution < 1.29 is 9.13 Å². The molecule has 1 heterocycles. The van der Waals surface area contributed by atoms with Crippen molar-refractivity contribution in [2.45, 2.75) is 64.4 Å². The van der Waals surface area contributed by atoms with Gasteiger partial charge in [0.05, 0.1) is 0 Å². The number of halogens is 1. The lowest BCUT2D eigenvalue weighted by Crippen LogP contribution is -2.12. The minimum atomic E-state index is -0.378. The molecule has 2 heteroatoms. The summed E-state index contributed by atoms with van der Waals surface area (Å²) in [6, 6.07) is 8.33. The van der Waals surface area contributed by atoms with E-state index in [1.54, 1.807) is 6.92 Å². The molecule has 1 fully saturated rings. The Hall–Kier alpha value is -1.31. The van der Waals surface area contributed by atoms with Crippen LogP contribution in [0.25, 0.3) is 0 Å². The van der Waals surface area contributed by atoms with Crippen LogP contribution in [-0.4, -0.2) is 0 Å². The molecule has 0 radical (unpaired) electrons. The summed E-state index contributed by atoms with van der Waals surface area (Å²) in [6.07, 6.45) is 6.84. The van der Waals surface area contributed by atoms with Gasteiger partial charge in [0, 0.05) is 0 Å². The first-order valence-corrected chi connectivity index (χ1v) is 8.25. The summed E-state index contributed by atoms with van der Waals surface area (Å²) in [7, 11) is 0. The molecule has 1 saturated carbocycles. The molecule has 0 spiro atoms. The second-order valence-electron chi connectivity index (χ2n) is 6.82. The van der Waals surface area contributed by atoms with Crippen molar-refractivity contribution in [3.63, 3.8) is 0 Å². The first-order chi connectivity index (χ1) is 10.1. The molecule has 1 aromatic rings. The monoisotopic (exact) mass is 288 g/mol. The average molecular weight is 288 g/mol. The highest BCUT2D eigenvalue weighted by Gasteiger charge is 2.23. The van der Waals surface area contributed by atoms with E-state index in [9.17, 15) is 4.39 Å². The van der Waals surface area contributed by atoms with Crippen LogP contribution in [0.15, 0.2) is 35.9 Å². The van der Waals surface area contributed by atoms with Crippen LogP contribution >= 0.6 is 0 Å². The first-order valence-electron chi connectivity index (χ1n) is 8.25. The molecule has 1 aliphatic carbocycles. The molecular weight excluding hydrogens is 263 g/mol. The van der Waals surface area contributed by atoms with Crippen LogP contribution in [0, 0.1) is 5.92 Å². The fourth-order valence-corrected chi connectivity index (χ4v) is 3.54. The van der Waals surface area contributed by atoms with Gasteiger partial charge in [-0.1, -0.05) is 44.0 Å². The van der Waals surface area contributed by atoms with Gasteiger partial charge in [-0.25, -0.2) is 0 Å². The first kappa shape index (κ1) is 14.6. The molecule has 0 aromatic heterocycles. The highest BCUT2D eigenvalue weighted by molar-refractivity contribution is 5.28. The molecule has 0 N–H and O–H groups in total. The van der Waals surface area contributed by atoms with E-state index in [0.29, 0.717) is 5.92 Å². The topological polar surface area (TPSA) is 9.23 Å². The fourth-order valence-electron chi connectivity index (χ4n) is 3.54. The predicted octanol–water partition coefficient (Wildman–Crippen LogP) is 6.03. The number of rotatable bonds is 2. The van der Waals surface area contributed by atoms with Gasteiger partial charge in [-0.3, -0.25) is 0 Å². The van der Waals surface area contributed by atoms with Crippen molar-refractivity contribution in [1.82, 2.24) is 0 Å². The molecule has 2 aliphatic rings. The van der Waals surface area contributed by atoms with E-state index in [1.807, 2.05) is 0 Å². The summed E-state index contributed by atoms with van der Waals surface area (Å²) < 4.78 is 19.0. The Balaban J connectivity index is 1.67. The summed E-state index contributed by atoms with van der Waals surface area (Å²) in [5.74, 6) is 1.59. The molecule has 21 heavy (non-hydrogen) atoms. The zero-order chi connectivity index (χ0) is 14.8. The normalized spacial score (nSPS) is 30.1. The number of ether oxygens (including phenoxy) is 1. The Morgan fingerprint density at radius 3 is 2.19 bits per heavy atom. The standard InChI is InChI=1S/C19H25FO/c1-13-3-6-15(7-4-13)16-8-10-17(11-9-16)18-12-5-14(2)19(20)21-18/h8-11,13,15,18H,3-7,12H2,1-2H3. The van der Waals surface area contributed by atoms with Crippen molar-refractivity contribution in [2.24, 2.45) is 5.92 Å². The van der Waals surface area contributed by atoms with E-state index < -0.39 is 0 Å². The summed E-state index contributed by atoms with van der Waals surface area (Å²) in [5, 5.41) is 0. The maximum absolute atomic E-state index is 13.6. The van der Waals surface area contributed by atoms with E-state index in [0.717, 1.165) is 29.9 Å². The van der Waals surface area contributed by atoms with Crippen LogP contribution in [0.3, 0.4) is 0 Å². The molecule has 0 saturated heterocycles. The maximum Gasteiger partial charge on any atom is 0.272 e. The van der Waals surface area contributed by atoms with Crippen LogP contribution < -0.4 is 0 Å². The van der Waals surface area contributed by atoms with Crippen LogP contribution in [0.4, 0.5) is 4.39 Å². The Morgan fingerprint density at radius 1 is 0.952 bits per heavy atom. The molecule has 1 unspecified atom stereocenters. The van der Waals surface area contributed by atoms with Gasteiger partial charge in [0.15, 0.2) is 0 Å². The predicted molar refractivity (Wildman–Crippen MR) is 83.7 cm³/mol. The molecule has 0 bridgehead atoms. The number of hydrogen-bond donors (Lipinski definition) is 0. The second-order valence-corrected chi connectivity index (χ2v) is 6.82. The van der Waals surface area contributed by atoms with Crippen molar-refractivity contribution >= 4 is 0 Å². The Morgan fingerprint density at radius 2 is 1.57 bits per heavy atom. The van der Waals surface area contributed by atoms with Crippen LogP contribution in [0.1, 0.15) is 75.5 Å². The highest BCUT2D eigenvalue weighted by Crippen LogP contribution is 2.37. The third-order valence-electron chi connectivity index (χ3n) is 5.16. The third-order valence-corrected chi connectivity index (χ3v) is 5.16. The van der Waals surface area contributed by atoms with Gasteiger partial charge in [0.25, 0.3) is 6.01 Å². The average Bonchev–Trinajstić information content (AvgIpc) is 2.51. The molecule has 114 valence electrons. The van der Waals surface area contributed by atoms with E-state index in [1.165, 1.54) is 31.2 Å². The van der Waals surface area contributed by atoms with E-state index in [4.69, 9.17) is 4.74 Å². The summed E-state index contributed by atoms with van der Waals surface area (Å²) in [5.41, 5.74) is 3.28. The molecule has 0 amide bonds. The lowest BCUT2D eigenvalue weighted by Gasteiger charge is -2.27.